The molecule has 0 amide bonds. The molecule has 0 aliphatic heterocycles. The van der Waals surface area contributed by atoms with Crippen LogP contribution in [0, 0.1) is 0 Å². The van der Waals surface area contributed by atoms with E-state index in [2.05, 4.69) is 29.0 Å². The molecular weight excluding hydrogens is 192 g/mol. The highest BCUT2D eigenvalue weighted by Gasteiger charge is 2.08. The van der Waals surface area contributed by atoms with Gasteiger partial charge in [-0.25, -0.2) is 0 Å². The molecule has 0 saturated carbocycles. The Morgan fingerprint density at radius 1 is 1.33 bits per heavy atom. The van der Waals surface area contributed by atoms with Crippen LogP contribution in [-0.4, -0.2) is 15.1 Å². The van der Waals surface area contributed by atoms with Crippen LogP contribution in [0.4, 0.5) is 5.95 Å². The average Bonchev–Trinajstić information content (AvgIpc) is 2.65. The van der Waals surface area contributed by atoms with Crippen molar-refractivity contribution in [3.8, 4) is 11.6 Å². The third-order valence-corrected chi connectivity index (χ3v) is 2.11. The number of anilines is 1. The number of pyridine rings is 1. The van der Waals surface area contributed by atoms with Crippen LogP contribution in [0.1, 0.15) is 25.3 Å². The van der Waals surface area contributed by atoms with Crippen molar-refractivity contribution in [2.75, 3.05) is 5.73 Å². The molecular formula is C10H12N4O. The Kier molecular flexibility index (Phi) is 2.37. The van der Waals surface area contributed by atoms with E-state index in [1.165, 1.54) is 5.56 Å². The van der Waals surface area contributed by atoms with Gasteiger partial charge in [0.05, 0.1) is 0 Å². The number of aromatic nitrogens is 3. The van der Waals surface area contributed by atoms with E-state index in [0.717, 1.165) is 0 Å². The molecule has 2 aromatic heterocycles. The molecule has 2 rings (SSSR count). The highest BCUT2D eigenvalue weighted by Crippen LogP contribution is 2.18. The van der Waals surface area contributed by atoms with Crippen molar-refractivity contribution in [3.05, 3.63) is 23.9 Å². The van der Waals surface area contributed by atoms with Crippen molar-refractivity contribution in [3.63, 3.8) is 0 Å². The third kappa shape index (κ3) is 1.96. The number of nitrogens with two attached hydrogens (primary N) is 1. The maximum absolute atomic E-state index is 5.35. The van der Waals surface area contributed by atoms with Gasteiger partial charge in [-0.15, -0.1) is 0 Å². The van der Waals surface area contributed by atoms with Crippen molar-refractivity contribution in [2.24, 2.45) is 0 Å². The zero-order valence-corrected chi connectivity index (χ0v) is 8.64. The monoisotopic (exact) mass is 204 g/mol. The van der Waals surface area contributed by atoms with Crippen molar-refractivity contribution in [1.82, 2.24) is 15.1 Å². The molecule has 5 nitrogen and oxygen atoms in total. The van der Waals surface area contributed by atoms with Gasteiger partial charge in [-0.1, -0.05) is 19.9 Å². The fourth-order valence-corrected chi connectivity index (χ4v) is 1.21. The third-order valence-electron chi connectivity index (χ3n) is 2.11. The second kappa shape index (κ2) is 3.68. The van der Waals surface area contributed by atoms with Crippen molar-refractivity contribution >= 4 is 5.95 Å². The minimum Gasteiger partial charge on any atom is -0.365 e. The molecule has 0 radical (unpaired) electrons. The molecule has 2 heterocycles. The zero-order chi connectivity index (χ0) is 10.8. The first kappa shape index (κ1) is 9.64. The molecule has 2 aromatic rings. The van der Waals surface area contributed by atoms with Gasteiger partial charge in [0, 0.05) is 6.20 Å². The summed E-state index contributed by atoms with van der Waals surface area (Å²) in [6.45, 7) is 4.22. The maximum atomic E-state index is 5.35. The van der Waals surface area contributed by atoms with Crippen LogP contribution in [0.2, 0.25) is 0 Å². The molecule has 0 saturated heterocycles. The van der Waals surface area contributed by atoms with E-state index in [0.29, 0.717) is 17.5 Å². The lowest BCUT2D eigenvalue weighted by Crippen LogP contribution is -1.91. The largest absolute Gasteiger partial charge is 0.365 e. The molecule has 0 aliphatic rings. The Hall–Kier alpha value is -1.91. The van der Waals surface area contributed by atoms with Gasteiger partial charge < -0.3 is 10.3 Å². The molecule has 0 aliphatic carbocycles. The molecule has 0 spiro atoms. The van der Waals surface area contributed by atoms with Crippen LogP contribution in [0.5, 0.6) is 0 Å². The van der Waals surface area contributed by atoms with E-state index >= 15 is 0 Å². The van der Waals surface area contributed by atoms with Gasteiger partial charge in [-0.3, -0.25) is 4.98 Å². The van der Waals surface area contributed by atoms with Gasteiger partial charge in [0.2, 0.25) is 0 Å². The Balaban J connectivity index is 2.31. The van der Waals surface area contributed by atoms with E-state index in [9.17, 15) is 0 Å². The minimum absolute atomic E-state index is 0.125. The number of nitrogens with zero attached hydrogens (tertiary/aromatic N) is 3. The van der Waals surface area contributed by atoms with Crippen LogP contribution in [0.15, 0.2) is 22.9 Å². The highest BCUT2D eigenvalue weighted by atomic mass is 16.5. The van der Waals surface area contributed by atoms with Crippen LogP contribution < -0.4 is 5.73 Å². The maximum Gasteiger partial charge on any atom is 0.278 e. The van der Waals surface area contributed by atoms with E-state index in [-0.39, 0.29) is 5.95 Å². The summed E-state index contributed by atoms with van der Waals surface area (Å²) in [5, 5.41) is 3.50. The van der Waals surface area contributed by atoms with Crippen LogP contribution in [0.3, 0.4) is 0 Å². The van der Waals surface area contributed by atoms with Gasteiger partial charge in [-0.2, -0.15) is 4.98 Å². The number of hydrogen-bond donors (Lipinski definition) is 1. The van der Waals surface area contributed by atoms with Crippen molar-refractivity contribution in [1.29, 1.82) is 0 Å². The summed E-state index contributed by atoms with van der Waals surface area (Å²) in [5.74, 6) is 0.932. The standard InChI is InChI=1S/C10H12N4O/c1-6(2)7-3-4-8(12-5-7)9-13-10(11)14-15-9/h3-6H,1-2H3,(H2,11,14). The summed E-state index contributed by atoms with van der Waals surface area (Å²) in [6, 6.07) is 3.84. The van der Waals surface area contributed by atoms with E-state index in [1.54, 1.807) is 6.20 Å². The molecule has 0 bridgehead atoms. The van der Waals surface area contributed by atoms with E-state index in [1.807, 2.05) is 12.1 Å². The first-order valence-electron chi connectivity index (χ1n) is 4.72. The first-order chi connectivity index (χ1) is 7.16. The summed E-state index contributed by atoms with van der Waals surface area (Å²) >= 11 is 0. The minimum atomic E-state index is 0.125. The lowest BCUT2D eigenvalue weighted by Gasteiger charge is -2.03. The Morgan fingerprint density at radius 3 is 2.60 bits per heavy atom. The molecule has 0 unspecified atom stereocenters. The second-order valence-corrected chi connectivity index (χ2v) is 3.59. The molecule has 5 heteroatoms. The molecule has 15 heavy (non-hydrogen) atoms. The average molecular weight is 204 g/mol. The summed E-state index contributed by atoms with van der Waals surface area (Å²) in [5.41, 5.74) is 7.16. The van der Waals surface area contributed by atoms with E-state index in [4.69, 9.17) is 10.3 Å². The zero-order valence-electron chi connectivity index (χ0n) is 8.64. The summed E-state index contributed by atoms with van der Waals surface area (Å²) in [6.07, 6.45) is 1.81. The predicted molar refractivity (Wildman–Crippen MR) is 56.0 cm³/mol. The Morgan fingerprint density at radius 2 is 2.13 bits per heavy atom. The summed E-state index contributed by atoms with van der Waals surface area (Å²) in [4.78, 5) is 8.12. The molecule has 0 aromatic carbocycles. The van der Waals surface area contributed by atoms with Crippen LogP contribution in [-0.2, 0) is 0 Å². The number of hydrogen-bond acceptors (Lipinski definition) is 5. The van der Waals surface area contributed by atoms with Gasteiger partial charge in [0.25, 0.3) is 11.8 Å². The van der Waals surface area contributed by atoms with Crippen LogP contribution >= 0.6 is 0 Å². The predicted octanol–water partition coefficient (Wildman–Crippen LogP) is 1.84. The number of rotatable bonds is 2. The lowest BCUT2D eigenvalue weighted by atomic mass is 10.1. The normalized spacial score (nSPS) is 10.9. The molecule has 2 N–H and O–H groups in total. The Labute approximate surface area is 87.3 Å². The van der Waals surface area contributed by atoms with Crippen molar-refractivity contribution < 1.29 is 4.52 Å². The van der Waals surface area contributed by atoms with E-state index < -0.39 is 0 Å². The van der Waals surface area contributed by atoms with Crippen LogP contribution in [0.25, 0.3) is 11.6 Å². The summed E-state index contributed by atoms with van der Waals surface area (Å²) < 4.78 is 4.90. The smallest absolute Gasteiger partial charge is 0.278 e. The topological polar surface area (TPSA) is 77.8 Å². The van der Waals surface area contributed by atoms with Gasteiger partial charge in [0.1, 0.15) is 5.69 Å². The fraction of sp³-hybridized carbons (Fsp3) is 0.300. The summed E-state index contributed by atoms with van der Waals surface area (Å²) in [7, 11) is 0. The Bertz CT molecular complexity index is 447. The van der Waals surface area contributed by atoms with Crippen molar-refractivity contribution in [2.45, 2.75) is 19.8 Å². The first-order valence-corrected chi connectivity index (χ1v) is 4.72. The highest BCUT2D eigenvalue weighted by molar-refractivity contribution is 5.48. The number of nitrogen functional groups attached to an aromatic ring is 1. The van der Waals surface area contributed by atoms with Gasteiger partial charge >= 0.3 is 0 Å². The molecule has 0 fully saturated rings. The van der Waals surface area contributed by atoms with Gasteiger partial charge in [-0.05, 0) is 22.7 Å². The second-order valence-electron chi connectivity index (χ2n) is 3.59. The molecule has 0 atom stereocenters. The van der Waals surface area contributed by atoms with Gasteiger partial charge in [0.15, 0.2) is 0 Å². The quantitative estimate of drug-likeness (QED) is 0.807. The fourth-order valence-electron chi connectivity index (χ4n) is 1.21. The molecule has 78 valence electrons. The SMILES string of the molecule is CC(C)c1ccc(-c2nc(N)no2)nc1. The lowest BCUT2D eigenvalue weighted by molar-refractivity contribution is 0.431.